The van der Waals surface area contributed by atoms with E-state index >= 15 is 0 Å². The number of rotatable bonds is 6. The number of nitrogens with zero attached hydrogens (tertiary/aromatic N) is 2. The number of fused-ring (bicyclic) bond motifs is 1. The number of carbonyl (C=O) groups excluding carboxylic acids is 1. The molecule has 0 fully saturated rings. The number of para-hydroxylation sites is 2. The maximum atomic E-state index is 13.3. The van der Waals surface area contributed by atoms with Gasteiger partial charge in [-0.15, -0.1) is 0 Å². The van der Waals surface area contributed by atoms with E-state index in [-0.39, 0.29) is 17.2 Å². The first-order chi connectivity index (χ1) is 15.1. The van der Waals surface area contributed by atoms with E-state index in [2.05, 4.69) is 10.3 Å². The molecule has 1 heterocycles. The molecule has 0 radical (unpaired) electrons. The minimum Gasteiger partial charge on any atom is -0.495 e. The van der Waals surface area contributed by atoms with Crippen LogP contribution in [-0.2, 0) is 4.79 Å². The zero-order chi connectivity index (χ0) is 21.8. The smallest absolute Gasteiger partial charge is 0.266 e. The van der Waals surface area contributed by atoms with Crippen LogP contribution in [0.3, 0.4) is 0 Å². The number of nitrogens with one attached hydrogen (secondary N) is 1. The van der Waals surface area contributed by atoms with Crippen LogP contribution in [0.15, 0.2) is 82.7 Å². The predicted molar refractivity (Wildman–Crippen MR) is 125 cm³/mol. The molecule has 0 aliphatic rings. The summed E-state index contributed by atoms with van der Waals surface area (Å²) >= 11 is 7.47. The standard InChI is InChI=1S/C23H18ClN3O3S/c1-30-20-12-11-16(13-18(20)24)27-22(29)17-9-5-6-10-19(17)26-23(27)31-14-21(28)25-15-7-3-2-4-8-15/h2-13H,14H2,1H3,(H,25,28). The van der Waals surface area contributed by atoms with Gasteiger partial charge in [-0.25, -0.2) is 4.98 Å². The molecule has 0 saturated heterocycles. The highest BCUT2D eigenvalue weighted by Gasteiger charge is 2.16. The second-order valence-corrected chi connectivity index (χ2v) is 7.92. The quantitative estimate of drug-likeness (QED) is 0.337. The highest BCUT2D eigenvalue weighted by atomic mass is 35.5. The number of methoxy groups -OCH3 is 1. The Bertz CT molecular complexity index is 1310. The summed E-state index contributed by atoms with van der Waals surface area (Å²) in [5, 5.41) is 4.08. The average molecular weight is 452 g/mol. The SMILES string of the molecule is COc1ccc(-n2c(SCC(=O)Nc3ccccc3)nc3ccccc3c2=O)cc1Cl. The first-order valence-corrected chi connectivity index (χ1v) is 10.8. The molecule has 0 aliphatic heterocycles. The highest BCUT2D eigenvalue weighted by molar-refractivity contribution is 7.99. The van der Waals surface area contributed by atoms with Crippen molar-refractivity contribution in [3.63, 3.8) is 0 Å². The lowest BCUT2D eigenvalue weighted by atomic mass is 10.2. The van der Waals surface area contributed by atoms with E-state index in [4.69, 9.17) is 16.3 Å². The van der Waals surface area contributed by atoms with Gasteiger partial charge in [0.15, 0.2) is 5.16 Å². The number of amides is 1. The van der Waals surface area contributed by atoms with Crippen LogP contribution in [0, 0.1) is 0 Å². The van der Waals surface area contributed by atoms with Gasteiger partial charge in [-0.1, -0.05) is 53.7 Å². The number of hydrogen-bond acceptors (Lipinski definition) is 5. The fourth-order valence-electron chi connectivity index (χ4n) is 3.08. The Morgan fingerprint density at radius 2 is 1.84 bits per heavy atom. The van der Waals surface area contributed by atoms with Crippen molar-refractivity contribution in [1.29, 1.82) is 0 Å². The summed E-state index contributed by atoms with van der Waals surface area (Å²) in [5.41, 5.74) is 1.58. The Balaban J connectivity index is 1.71. The molecule has 0 bridgehead atoms. The summed E-state index contributed by atoms with van der Waals surface area (Å²) in [7, 11) is 1.53. The van der Waals surface area contributed by atoms with Gasteiger partial charge in [0.1, 0.15) is 5.75 Å². The van der Waals surface area contributed by atoms with Crippen molar-refractivity contribution < 1.29 is 9.53 Å². The van der Waals surface area contributed by atoms with Crippen molar-refractivity contribution in [3.05, 3.63) is 88.2 Å². The van der Waals surface area contributed by atoms with Crippen molar-refractivity contribution in [3.8, 4) is 11.4 Å². The Morgan fingerprint density at radius 1 is 1.10 bits per heavy atom. The van der Waals surface area contributed by atoms with E-state index in [1.54, 1.807) is 36.4 Å². The van der Waals surface area contributed by atoms with Crippen LogP contribution in [0.1, 0.15) is 0 Å². The van der Waals surface area contributed by atoms with E-state index in [9.17, 15) is 9.59 Å². The monoisotopic (exact) mass is 451 g/mol. The molecule has 1 amide bonds. The van der Waals surface area contributed by atoms with Crippen molar-refractivity contribution >= 4 is 45.9 Å². The third-order valence-electron chi connectivity index (χ3n) is 4.53. The molecular formula is C23H18ClN3O3S. The number of benzene rings is 3. The molecular weight excluding hydrogens is 434 g/mol. The molecule has 6 nitrogen and oxygen atoms in total. The van der Waals surface area contributed by atoms with Gasteiger partial charge in [0.2, 0.25) is 5.91 Å². The lowest BCUT2D eigenvalue weighted by Crippen LogP contribution is -2.23. The van der Waals surface area contributed by atoms with E-state index in [0.29, 0.717) is 38.2 Å². The number of aromatic nitrogens is 2. The molecule has 0 aliphatic carbocycles. The van der Waals surface area contributed by atoms with Crippen LogP contribution in [-0.4, -0.2) is 28.3 Å². The third-order valence-corrected chi connectivity index (χ3v) is 5.76. The van der Waals surface area contributed by atoms with E-state index in [0.717, 1.165) is 0 Å². The second kappa shape index (κ2) is 9.24. The number of hydrogen-bond donors (Lipinski definition) is 1. The fourth-order valence-corrected chi connectivity index (χ4v) is 4.14. The summed E-state index contributed by atoms with van der Waals surface area (Å²) in [6.07, 6.45) is 0. The third kappa shape index (κ3) is 4.57. The molecule has 0 saturated carbocycles. The largest absolute Gasteiger partial charge is 0.495 e. The normalized spacial score (nSPS) is 10.8. The van der Waals surface area contributed by atoms with Crippen molar-refractivity contribution in [1.82, 2.24) is 9.55 Å². The molecule has 8 heteroatoms. The van der Waals surface area contributed by atoms with E-state index in [1.807, 2.05) is 36.4 Å². The molecule has 1 aromatic heterocycles. The summed E-state index contributed by atoms with van der Waals surface area (Å²) in [6.45, 7) is 0. The molecule has 0 unspecified atom stereocenters. The molecule has 3 aromatic carbocycles. The Morgan fingerprint density at radius 3 is 2.58 bits per heavy atom. The number of thioether (sulfide) groups is 1. The molecule has 1 N–H and O–H groups in total. The molecule has 4 aromatic rings. The van der Waals surface area contributed by atoms with Crippen LogP contribution in [0.4, 0.5) is 5.69 Å². The van der Waals surface area contributed by atoms with E-state index < -0.39 is 0 Å². The molecule has 0 atom stereocenters. The zero-order valence-corrected chi connectivity index (χ0v) is 18.1. The number of ether oxygens (including phenoxy) is 1. The van der Waals surface area contributed by atoms with Gasteiger partial charge >= 0.3 is 0 Å². The first kappa shape index (κ1) is 21.0. The highest BCUT2D eigenvalue weighted by Crippen LogP contribution is 2.28. The zero-order valence-electron chi connectivity index (χ0n) is 16.5. The van der Waals surface area contributed by atoms with Gasteiger partial charge in [0.25, 0.3) is 5.56 Å². The van der Waals surface area contributed by atoms with E-state index in [1.165, 1.54) is 23.4 Å². The van der Waals surface area contributed by atoms with Gasteiger partial charge in [0, 0.05) is 5.69 Å². The molecule has 4 rings (SSSR count). The van der Waals surface area contributed by atoms with Gasteiger partial charge in [0.05, 0.1) is 34.5 Å². The van der Waals surface area contributed by atoms with Crippen molar-refractivity contribution in [2.75, 3.05) is 18.2 Å². The molecule has 0 spiro atoms. The summed E-state index contributed by atoms with van der Waals surface area (Å²) in [6, 6.07) is 21.4. The Labute approximate surface area is 187 Å². The second-order valence-electron chi connectivity index (χ2n) is 6.57. The van der Waals surface area contributed by atoms with Crippen LogP contribution >= 0.6 is 23.4 Å². The maximum Gasteiger partial charge on any atom is 0.266 e. The van der Waals surface area contributed by atoms with Crippen LogP contribution < -0.4 is 15.6 Å². The maximum absolute atomic E-state index is 13.3. The van der Waals surface area contributed by atoms with Crippen LogP contribution in [0.25, 0.3) is 16.6 Å². The number of halogens is 1. The van der Waals surface area contributed by atoms with Gasteiger partial charge in [-0.2, -0.15) is 0 Å². The number of carbonyl (C=O) groups is 1. The first-order valence-electron chi connectivity index (χ1n) is 9.40. The molecule has 31 heavy (non-hydrogen) atoms. The minimum atomic E-state index is -0.238. The molecule has 156 valence electrons. The van der Waals surface area contributed by atoms with Gasteiger partial charge < -0.3 is 10.1 Å². The Hall–Kier alpha value is -3.29. The van der Waals surface area contributed by atoms with Crippen LogP contribution in [0.5, 0.6) is 5.75 Å². The predicted octanol–water partition coefficient (Wildman–Crippen LogP) is 4.78. The van der Waals surface area contributed by atoms with Crippen LogP contribution in [0.2, 0.25) is 5.02 Å². The summed E-state index contributed by atoms with van der Waals surface area (Å²) in [4.78, 5) is 30.4. The Kier molecular flexibility index (Phi) is 6.25. The summed E-state index contributed by atoms with van der Waals surface area (Å²) in [5.74, 6) is 0.394. The van der Waals surface area contributed by atoms with Gasteiger partial charge in [-0.3, -0.25) is 14.2 Å². The average Bonchev–Trinajstić information content (AvgIpc) is 2.78. The lowest BCUT2D eigenvalue weighted by Gasteiger charge is -2.14. The van der Waals surface area contributed by atoms with Crippen molar-refractivity contribution in [2.45, 2.75) is 5.16 Å². The lowest BCUT2D eigenvalue weighted by molar-refractivity contribution is -0.113. The minimum absolute atomic E-state index is 0.0869. The summed E-state index contributed by atoms with van der Waals surface area (Å²) < 4.78 is 6.68. The van der Waals surface area contributed by atoms with Gasteiger partial charge in [-0.05, 0) is 42.5 Å². The number of anilines is 1. The topological polar surface area (TPSA) is 73.2 Å². The fraction of sp³-hybridized carbons (Fsp3) is 0.0870. The van der Waals surface area contributed by atoms with Crippen molar-refractivity contribution in [2.24, 2.45) is 0 Å².